The molecular weight excluding hydrogens is 318 g/mol. The monoisotopic (exact) mass is 331 g/mol. The highest BCUT2D eigenvalue weighted by Crippen LogP contribution is 2.40. The summed E-state index contributed by atoms with van der Waals surface area (Å²) in [5, 5.41) is 12.5. The molecule has 1 aliphatic rings. The van der Waals surface area contributed by atoms with Gasteiger partial charge in [-0.25, -0.2) is 0 Å². The summed E-state index contributed by atoms with van der Waals surface area (Å²) in [6.07, 6.45) is 3.41. The lowest BCUT2D eigenvalue weighted by molar-refractivity contribution is 0.0950. The van der Waals surface area contributed by atoms with Gasteiger partial charge < -0.3 is 10.4 Å². The van der Waals surface area contributed by atoms with Gasteiger partial charge in [0.1, 0.15) is 5.75 Å². The van der Waals surface area contributed by atoms with Crippen molar-refractivity contribution in [2.45, 2.75) is 17.6 Å². The molecule has 1 amide bonds. The highest BCUT2D eigenvalue weighted by Gasteiger charge is 2.46. The molecule has 2 N–H and O–H groups in total. The van der Waals surface area contributed by atoms with Crippen molar-refractivity contribution in [1.82, 2.24) is 5.32 Å². The van der Waals surface area contributed by atoms with E-state index in [0.29, 0.717) is 11.0 Å². The third-order valence-corrected chi connectivity index (χ3v) is 5.63. The average molecular weight is 332 g/mol. The average Bonchev–Trinajstić information content (AvgIpc) is 3.11. The molecule has 4 nitrogen and oxygen atoms in total. The quantitative estimate of drug-likeness (QED) is 0.884. The Morgan fingerprint density at radius 1 is 1.56 bits per heavy atom. The van der Waals surface area contributed by atoms with Gasteiger partial charge in [-0.05, 0) is 40.9 Å². The van der Waals surface area contributed by atoms with Crippen LogP contribution in [0, 0.1) is 0 Å². The Morgan fingerprint density at radius 3 is 2.78 bits per heavy atom. The zero-order chi connectivity index (χ0) is 13.3. The third-order valence-electron chi connectivity index (χ3n) is 3.22. The number of halogens is 1. The van der Waals surface area contributed by atoms with Crippen molar-refractivity contribution in [2.24, 2.45) is 0 Å². The molecule has 6 heteroatoms. The van der Waals surface area contributed by atoms with Crippen LogP contribution in [0.3, 0.4) is 0 Å². The van der Waals surface area contributed by atoms with Crippen LogP contribution in [0.5, 0.6) is 5.75 Å². The number of benzene rings is 1. The van der Waals surface area contributed by atoms with E-state index in [2.05, 4.69) is 21.2 Å². The van der Waals surface area contributed by atoms with Crippen LogP contribution in [0.4, 0.5) is 0 Å². The Balaban J connectivity index is 2.05. The maximum atomic E-state index is 11.9. The van der Waals surface area contributed by atoms with E-state index in [1.165, 1.54) is 0 Å². The lowest BCUT2D eigenvalue weighted by Crippen LogP contribution is -2.35. The highest BCUT2D eigenvalue weighted by atomic mass is 79.9. The fourth-order valence-corrected chi connectivity index (χ4v) is 3.06. The van der Waals surface area contributed by atoms with E-state index in [-0.39, 0.29) is 22.0 Å². The van der Waals surface area contributed by atoms with E-state index in [1.54, 1.807) is 24.5 Å². The van der Waals surface area contributed by atoms with Crippen LogP contribution < -0.4 is 5.32 Å². The van der Waals surface area contributed by atoms with Crippen molar-refractivity contribution in [1.29, 1.82) is 0 Å². The summed E-state index contributed by atoms with van der Waals surface area (Å²) in [6.45, 7) is 0.390. The first-order valence-electron chi connectivity index (χ1n) is 5.55. The molecule has 1 aliphatic carbocycles. The fourth-order valence-electron chi connectivity index (χ4n) is 1.74. The first-order valence-corrected chi connectivity index (χ1v) is 7.91. The van der Waals surface area contributed by atoms with Gasteiger partial charge in [0, 0.05) is 23.6 Å². The number of phenols is 1. The number of carbonyl (C=O) groups excluding carboxylic acids is 1. The number of para-hydroxylation sites is 1. The van der Waals surface area contributed by atoms with Crippen molar-refractivity contribution in [3.05, 3.63) is 28.2 Å². The van der Waals surface area contributed by atoms with Crippen molar-refractivity contribution in [2.75, 3.05) is 12.8 Å². The Labute approximate surface area is 116 Å². The molecule has 1 fully saturated rings. The predicted molar refractivity (Wildman–Crippen MR) is 74.2 cm³/mol. The van der Waals surface area contributed by atoms with Crippen molar-refractivity contribution in [3.8, 4) is 5.75 Å². The summed E-state index contributed by atoms with van der Waals surface area (Å²) in [7, 11) is -0.934. The fraction of sp³-hybridized carbons (Fsp3) is 0.417. The lowest BCUT2D eigenvalue weighted by atomic mass is 10.2. The van der Waals surface area contributed by atoms with Gasteiger partial charge in [0.05, 0.1) is 14.8 Å². The number of amides is 1. The SMILES string of the molecule is CS(=O)C1(CNC(=O)c2cccc(Br)c2O)CC1. The molecule has 1 aromatic rings. The zero-order valence-corrected chi connectivity index (χ0v) is 12.3. The predicted octanol–water partition coefficient (Wildman–Crippen LogP) is 1.80. The van der Waals surface area contributed by atoms with E-state index >= 15 is 0 Å². The second kappa shape index (κ2) is 5.01. The molecule has 0 radical (unpaired) electrons. The van der Waals surface area contributed by atoms with Gasteiger partial charge in [0.25, 0.3) is 5.91 Å². The van der Waals surface area contributed by atoms with Gasteiger partial charge in [-0.2, -0.15) is 0 Å². The zero-order valence-electron chi connectivity index (χ0n) is 9.90. The molecule has 0 spiro atoms. The van der Waals surface area contributed by atoms with Gasteiger partial charge >= 0.3 is 0 Å². The molecular formula is C12H14BrNO3S. The summed E-state index contributed by atoms with van der Waals surface area (Å²) >= 11 is 3.16. The van der Waals surface area contributed by atoms with Crippen molar-refractivity contribution >= 4 is 32.6 Å². The topological polar surface area (TPSA) is 66.4 Å². The minimum Gasteiger partial charge on any atom is -0.506 e. The third kappa shape index (κ3) is 2.59. The Hall–Kier alpha value is -0.880. The van der Waals surface area contributed by atoms with E-state index in [0.717, 1.165) is 12.8 Å². The van der Waals surface area contributed by atoms with E-state index in [4.69, 9.17) is 0 Å². The molecule has 0 aliphatic heterocycles. The van der Waals surface area contributed by atoms with Crippen LogP contribution in [0.25, 0.3) is 0 Å². The van der Waals surface area contributed by atoms with Crippen molar-refractivity contribution in [3.63, 3.8) is 0 Å². The van der Waals surface area contributed by atoms with Crippen LogP contribution >= 0.6 is 15.9 Å². The highest BCUT2D eigenvalue weighted by molar-refractivity contribution is 9.10. The van der Waals surface area contributed by atoms with Gasteiger partial charge in [-0.3, -0.25) is 9.00 Å². The smallest absolute Gasteiger partial charge is 0.255 e. The summed E-state index contributed by atoms with van der Waals surface area (Å²) in [5.74, 6) is -0.414. The molecule has 1 aromatic carbocycles. The molecule has 1 saturated carbocycles. The molecule has 0 heterocycles. The normalized spacial score (nSPS) is 18.1. The van der Waals surface area contributed by atoms with Gasteiger partial charge in [0.15, 0.2) is 0 Å². The standard InChI is InChI=1S/C12H14BrNO3S/c1-18(17)12(5-6-12)7-14-11(16)8-3-2-4-9(13)10(8)15/h2-4,15H,5-7H2,1H3,(H,14,16). The summed E-state index contributed by atoms with van der Waals surface area (Å²) in [4.78, 5) is 11.9. The second-order valence-corrected chi connectivity index (χ2v) is 7.08. The van der Waals surface area contributed by atoms with Gasteiger partial charge in [-0.15, -0.1) is 0 Å². The summed E-state index contributed by atoms with van der Waals surface area (Å²) in [5.41, 5.74) is 0.224. The number of rotatable bonds is 4. The lowest BCUT2D eigenvalue weighted by Gasteiger charge is -2.13. The molecule has 2 rings (SSSR count). The van der Waals surface area contributed by atoms with Gasteiger partial charge in [-0.1, -0.05) is 6.07 Å². The van der Waals surface area contributed by atoms with Crippen LogP contribution in [0.1, 0.15) is 23.2 Å². The number of phenolic OH excluding ortho intramolecular Hbond substituents is 1. The number of hydrogen-bond acceptors (Lipinski definition) is 3. The molecule has 98 valence electrons. The van der Waals surface area contributed by atoms with E-state index in [1.807, 2.05) is 0 Å². The summed E-state index contributed by atoms with van der Waals surface area (Å²) < 4.78 is 11.7. The second-order valence-electron chi connectivity index (χ2n) is 4.46. The van der Waals surface area contributed by atoms with Crippen LogP contribution in [-0.2, 0) is 10.8 Å². The Morgan fingerprint density at radius 2 is 2.22 bits per heavy atom. The Kier molecular flexibility index (Phi) is 3.77. The largest absolute Gasteiger partial charge is 0.506 e. The molecule has 18 heavy (non-hydrogen) atoms. The maximum absolute atomic E-state index is 11.9. The minimum atomic E-state index is -0.934. The minimum absolute atomic E-state index is 0.0718. The Bertz CT molecular complexity index is 514. The summed E-state index contributed by atoms with van der Waals surface area (Å²) in [6, 6.07) is 4.90. The molecule has 0 saturated heterocycles. The number of aromatic hydroxyl groups is 1. The van der Waals surface area contributed by atoms with Crippen molar-refractivity contribution < 1.29 is 14.1 Å². The first kappa shape index (κ1) is 13.5. The van der Waals surface area contributed by atoms with Crippen LogP contribution in [0.2, 0.25) is 0 Å². The van der Waals surface area contributed by atoms with E-state index < -0.39 is 10.8 Å². The van der Waals surface area contributed by atoms with Gasteiger partial charge in [0.2, 0.25) is 0 Å². The molecule has 0 aromatic heterocycles. The number of nitrogens with one attached hydrogen (secondary N) is 1. The van der Waals surface area contributed by atoms with Crippen LogP contribution in [-0.4, -0.2) is 32.8 Å². The number of carbonyl (C=O) groups is 1. The van der Waals surface area contributed by atoms with E-state index in [9.17, 15) is 14.1 Å². The molecule has 1 atom stereocenters. The number of hydrogen-bond donors (Lipinski definition) is 2. The molecule has 0 bridgehead atoms. The first-order chi connectivity index (χ1) is 8.46. The molecule has 1 unspecified atom stereocenters. The van der Waals surface area contributed by atoms with Crippen LogP contribution in [0.15, 0.2) is 22.7 Å². The maximum Gasteiger partial charge on any atom is 0.255 e.